The van der Waals surface area contributed by atoms with Gasteiger partial charge < -0.3 is 15.0 Å². The summed E-state index contributed by atoms with van der Waals surface area (Å²) in [4.78, 5) is 0. The first-order valence-corrected chi connectivity index (χ1v) is 4.48. The van der Waals surface area contributed by atoms with Gasteiger partial charge in [0.2, 0.25) is 0 Å². The number of nitrogens with zero attached hydrogens (tertiary/aromatic N) is 1. The van der Waals surface area contributed by atoms with Crippen LogP contribution in [0.2, 0.25) is 0 Å². The summed E-state index contributed by atoms with van der Waals surface area (Å²) in [6.07, 6.45) is 0.0738. The zero-order valence-electron chi connectivity index (χ0n) is 8.15. The number of hydrogen-bond donors (Lipinski definition) is 1. The molecular formula is C10H12N2O2. The molecule has 0 amide bonds. The molecule has 1 aromatic carbocycles. The van der Waals surface area contributed by atoms with Crippen LogP contribution >= 0.6 is 0 Å². The van der Waals surface area contributed by atoms with Crippen LogP contribution in [-0.4, -0.2) is 11.3 Å². The maximum atomic E-state index is 5.66. The van der Waals surface area contributed by atoms with Crippen molar-refractivity contribution >= 4 is 16.7 Å². The van der Waals surface area contributed by atoms with Crippen LogP contribution in [0.5, 0.6) is 5.88 Å². The highest BCUT2D eigenvalue weighted by molar-refractivity contribution is 5.85. The second-order valence-electron chi connectivity index (χ2n) is 3.41. The molecule has 2 N–H and O–H groups in total. The van der Waals surface area contributed by atoms with E-state index in [9.17, 15) is 0 Å². The minimum absolute atomic E-state index is 0.0738. The van der Waals surface area contributed by atoms with Crippen molar-refractivity contribution in [2.75, 3.05) is 5.73 Å². The molecule has 0 saturated carbocycles. The molecule has 14 heavy (non-hydrogen) atoms. The molecule has 0 aliphatic carbocycles. The summed E-state index contributed by atoms with van der Waals surface area (Å²) in [6, 6.07) is 5.35. The van der Waals surface area contributed by atoms with E-state index in [-0.39, 0.29) is 6.10 Å². The number of anilines is 1. The number of hydrogen-bond acceptors (Lipinski definition) is 4. The van der Waals surface area contributed by atoms with Gasteiger partial charge in [0.25, 0.3) is 5.88 Å². The van der Waals surface area contributed by atoms with Crippen LogP contribution in [0.1, 0.15) is 13.8 Å². The van der Waals surface area contributed by atoms with E-state index >= 15 is 0 Å². The zero-order valence-corrected chi connectivity index (χ0v) is 8.15. The van der Waals surface area contributed by atoms with Crippen LogP contribution in [0.15, 0.2) is 22.7 Å². The Morgan fingerprint density at radius 1 is 1.43 bits per heavy atom. The summed E-state index contributed by atoms with van der Waals surface area (Å²) in [6.45, 7) is 3.87. The van der Waals surface area contributed by atoms with E-state index in [4.69, 9.17) is 15.0 Å². The molecule has 1 aromatic heterocycles. The maximum absolute atomic E-state index is 5.66. The van der Waals surface area contributed by atoms with Gasteiger partial charge in [0.05, 0.1) is 11.5 Å². The Morgan fingerprint density at radius 2 is 2.21 bits per heavy atom. The molecule has 0 aliphatic heterocycles. The SMILES string of the molecule is CC(C)Oc1noc2ccc(N)cc12. The van der Waals surface area contributed by atoms with Gasteiger partial charge in [0.15, 0.2) is 5.58 Å². The van der Waals surface area contributed by atoms with Crippen molar-refractivity contribution in [3.05, 3.63) is 18.2 Å². The lowest BCUT2D eigenvalue weighted by atomic mass is 10.2. The van der Waals surface area contributed by atoms with Gasteiger partial charge in [-0.3, -0.25) is 0 Å². The Bertz CT molecular complexity index is 448. The first-order valence-electron chi connectivity index (χ1n) is 4.48. The zero-order chi connectivity index (χ0) is 10.1. The number of rotatable bonds is 2. The molecule has 0 fully saturated rings. The van der Waals surface area contributed by atoms with Gasteiger partial charge in [-0.25, -0.2) is 0 Å². The predicted octanol–water partition coefficient (Wildman–Crippen LogP) is 2.20. The molecular weight excluding hydrogens is 180 g/mol. The lowest BCUT2D eigenvalue weighted by molar-refractivity contribution is 0.221. The molecule has 0 saturated heterocycles. The van der Waals surface area contributed by atoms with Crippen LogP contribution < -0.4 is 10.5 Å². The highest BCUT2D eigenvalue weighted by Gasteiger charge is 2.10. The number of fused-ring (bicyclic) bond motifs is 1. The summed E-state index contributed by atoms with van der Waals surface area (Å²) in [5.74, 6) is 0.502. The van der Waals surface area contributed by atoms with E-state index in [1.165, 1.54) is 0 Å². The third-order valence-corrected chi connectivity index (χ3v) is 1.81. The van der Waals surface area contributed by atoms with Crippen molar-refractivity contribution in [3.8, 4) is 5.88 Å². The van der Waals surface area contributed by atoms with Gasteiger partial charge in [0.1, 0.15) is 0 Å². The van der Waals surface area contributed by atoms with E-state index in [1.54, 1.807) is 18.2 Å². The van der Waals surface area contributed by atoms with Crippen LogP contribution in [0, 0.1) is 0 Å². The average Bonchev–Trinajstić information content (AvgIpc) is 2.47. The molecule has 0 atom stereocenters. The molecule has 74 valence electrons. The summed E-state index contributed by atoms with van der Waals surface area (Å²) < 4.78 is 10.5. The molecule has 0 aliphatic rings. The highest BCUT2D eigenvalue weighted by atomic mass is 16.5. The van der Waals surface area contributed by atoms with E-state index in [2.05, 4.69) is 5.16 Å². The fourth-order valence-corrected chi connectivity index (χ4v) is 1.24. The molecule has 2 aromatic rings. The Hall–Kier alpha value is -1.71. The highest BCUT2D eigenvalue weighted by Crippen LogP contribution is 2.27. The quantitative estimate of drug-likeness (QED) is 0.741. The second kappa shape index (κ2) is 3.21. The largest absolute Gasteiger partial charge is 0.472 e. The van der Waals surface area contributed by atoms with Crippen molar-refractivity contribution in [2.45, 2.75) is 20.0 Å². The van der Waals surface area contributed by atoms with E-state index in [0.717, 1.165) is 5.39 Å². The molecule has 1 heterocycles. The molecule has 0 bridgehead atoms. The van der Waals surface area contributed by atoms with Crippen molar-refractivity contribution in [1.29, 1.82) is 0 Å². The topological polar surface area (TPSA) is 61.3 Å². The van der Waals surface area contributed by atoms with E-state index < -0.39 is 0 Å². The van der Waals surface area contributed by atoms with Gasteiger partial charge in [-0.1, -0.05) is 0 Å². The maximum Gasteiger partial charge on any atom is 0.262 e. The molecule has 0 unspecified atom stereocenters. The molecule has 0 radical (unpaired) electrons. The molecule has 0 spiro atoms. The monoisotopic (exact) mass is 192 g/mol. The van der Waals surface area contributed by atoms with Gasteiger partial charge in [-0.2, -0.15) is 0 Å². The fourth-order valence-electron chi connectivity index (χ4n) is 1.24. The first kappa shape index (κ1) is 8.87. The Morgan fingerprint density at radius 3 is 2.93 bits per heavy atom. The molecule has 4 nitrogen and oxygen atoms in total. The lowest BCUT2D eigenvalue weighted by Gasteiger charge is -2.04. The summed E-state index contributed by atoms with van der Waals surface area (Å²) in [5.41, 5.74) is 7.02. The standard InChI is InChI=1S/C10H12N2O2/c1-6(2)13-10-8-5-7(11)3-4-9(8)14-12-10/h3-6H,11H2,1-2H3. The van der Waals surface area contributed by atoms with Crippen molar-refractivity contribution in [3.63, 3.8) is 0 Å². The van der Waals surface area contributed by atoms with Gasteiger partial charge in [-0.15, -0.1) is 0 Å². The predicted molar refractivity (Wildman–Crippen MR) is 54.2 cm³/mol. The molecule has 2 rings (SSSR count). The van der Waals surface area contributed by atoms with Gasteiger partial charge in [0, 0.05) is 5.69 Å². The smallest absolute Gasteiger partial charge is 0.262 e. The third-order valence-electron chi connectivity index (χ3n) is 1.81. The van der Waals surface area contributed by atoms with Gasteiger partial charge in [-0.05, 0) is 37.2 Å². The van der Waals surface area contributed by atoms with E-state index in [0.29, 0.717) is 17.2 Å². The summed E-state index contributed by atoms with van der Waals surface area (Å²) in [7, 11) is 0. The summed E-state index contributed by atoms with van der Waals surface area (Å²) >= 11 is 0. The Kier molecular flexibility index (Phi) is 2.04. The van der Waals surface area contributed by atoms with Crippen molar-refractivity contribution in [2.24, 2.45) is 0 Å². The first-order chi connectivity index (χ1) is 6.66. The Labute approximate surface area is 81.6 Å². The van der Waals surface area contributed by atoms with Crippen LogP contribution in [0.3, 0.4) is 0 Å². The van der Waals surface area contributed by atoms with Crippen LogP contribution in [0.25, 0.3) is 11.0 Å². The lowest BCUT2D eigenvalue weighted by Crippen LogP contribution is -2.05. The Balaban J connectivity index is 2.50. The van der Waals surface area contributed by atoms with Crippen molar-refractivity contribution < 1.29 is 9.26 Å². The number of nitrogens with two attached hydrogens (primary N) is 1. The van der Waals surface area contributed by atoms with Crippen molar-refractivity contribution in [1.82, 2.24) is 5.16 Å². The number of aromatic nitrogens is 1. The third kappa shape index (κ3) is 1.51. The van der Waals surface area contributed by atoms with E-state index in [1.807, 2.05) is 13.8 Å². The minimum atomic E-state index is 0.0738. The van der Waals surface area contributed by atoms with Crippen LogP contribution in [-0.2, 0) is 0 Å². The van der Waals surface area contributed by atoms with Crippen LogP contribution in [0.4, 0.5) is 5.69 Å². The normalized spacial score (nSPS) is 11.1. The minimum Gasteiger partial charge on any atom is -0.472 e. The average molecular weight is 192 g/mol. The number of ether oxygens (including phenoxy) is 1. The second-order valence-corrected chi connectivity index (χ2v) is 3.41. The fraction of sp³-hybridized carbons (Fsp3) is 0.300. The number of benzene rings is 1. The summed E-state index contributed by atoms with van der Waals surface area (Å²) in [5, 5.41) is 4.64. The van der Waals surface area contributed by atoms with Gasteiger partial charge >= 0.3 is 0 Å². The number of nitrogen functional groups attached to an aromatic ring is 1. The molecule has 4 heteroatoms.